The number of hydrogen-bond donors (Lipinski definition) is 0. The van der Waals surface area contributed by atoms with Gasteiger partial charge >= 0.3 is 0 Å². The molecule has 0 amide bonds. The molecule has 0 aliphatic carbocycles. The smallest absolute Gasteiger partial charge is 0.246 e. The first kappa shape index (κ1) is 17.0. The second kappa shape index (κ2) is 6.39. The number of hydrogen-bond acceptors (Lipinski definition) is 5. The van der Waals surface area contributed by atoms with Crippen molar-refractivity contribution in [2.24, 2.45) is 0 Å². The van der Waals surface area contributed by atoms with Crippen molar-refractivity contribution in [1.82, 2.24) is 4.31 Å². The van der Waals surface area contributed by atoms with Crippen LogP contribution in [0.4, 0.5) is 4.39 Å². The van der Waals surface area contributed by atoms with Gasteiger partial charge in [0.05, 0.1) is 26.9 Å². The van der Waals surface area contributed by atoms with Gasteiger partial charge in [0.2, 0.25) is 10.0 Å². The van der Waals surface area contributed by atoms with Crippen LogP contribution in [0.3, 0.4) is 0 Å². The van der Waals surface area contributed by atoms with Gasteiger partial charge in [-0.15, -0.1) is 0 Å². The summed E-state index contributed by atoms with van der Waals surface area (Å²) in [6, 6.07) is 1.80. The zero-order chi connectivity index (χ0) is 16.5. The summed E-state index contributed by atoms with van der Waals surface area (Å²) < 4.78 is 56.5. The van der Waals surface area contributed by atoms with Crippen molar-refractivity contribution in [3.05, 3.63) is 17.9 Å². The fourth-order valence-corrected chi connectivity index (χ4v) is 4.12. The van der Waals surface area contributed by atoms with Gasteiger partial charge in [-0.1, -0.05) is 0 Å². The van der Waals surface area contributed by atoms with Crippen molar-refractivity contribution >= 4 is 10.0 Å². The number of halogens is 1. The highest BCUT2D eigenvalue weighted by Crippen LogP contribution is 2.34. The topological polar surface area (TPSA) is 65.1 Å². The largest absolute Gasteiger partial charge is 0.493 e. The number of nitrogens with zero attached hydrogens (tertiary/aromatic N) is 1. The third-order valence-electron chi connectivity index (χ3n) is 3.58. The maximum absolute atomic E-state index is 14.3. The number of rotatable bonds is 4. The van der Waals surface area contributed by atoms with Crippen molar-refractivity contribution in [3.63, 3.8) is 0 Å². The van der Waals surface area contributed by atoms with E-state index in [0.29, 0.717) is 0 Å². The van der Waals surface area contributed by atoms with Gasteiger partial charge < -0.3 is 14.2 Å². The second-order valence-electron chi connectivity index (χ2n) is 5.21. The van der Waals surface area contributed by atoms with Gasteiger partial charge in [0.15, 0.2) is 11.5 Å². The van der Waals surface area contributed by atoms with Crippen molar-refractivity contribution in [2.75, 3.05) is 27.4 Å². The molecular weight excluding hydrogens is 313 g/mol. The van der Waals surface area contributed by atoms with E-state index in [2.05, 4.69) is 0 Å². The maximum atomic E-state index is 14.3. The average Bonchev–Trinajstić information content (AvgIpc) is 2.48. The van der Waals surface area contributed by atoms with E-state index < -0.39 is 20.7 Å². The van der Waals surface area contributed by atoms with Gasteiger partial charge in [-0.05, 0) is 13.8 Å². The first-order valence-corrected chi connectivity index (χ1v) is 8.30. The molecule has 0 unspecified atom stereocenters. The molecule has 1 aromatic carbocycles. The third-order valence-corrected chi connectivity index (χ3v) is 5.57. The SMILES string of the molecule is COc1cc(F)c(S(=O)(=O)N2C[C@@H](C)OC[C@@H]2C)cc1OC. The number of sulfonamides is 1. The van der Waals surface area contributed by atoms with Gasteiger partial charge in [-0.25, -0.2) is 12.8 Å². The monoisotopic (exact) mass is 333 g/mol. The molecule has 8 heteroatoms. The lowest BCUT2D eigenvalue weighted by molar-refractivity contribution is -0.0171. The van der Waals surface area contributed by atoms with Gasteiger partial charge in [0.25, 0.3) is 0 Å². The minimum atomic E-state index is -3.99. The number of methoxy groups -OCH3 is 2. The van der Waals surface area contributed by atoms with E-state index >= 15 is 0 Å². The predicted molar refractivity (Wildman–Crippen MR) is 78.3 cm³/mol. The summed E-state index contributed by atoms with van der Waals surface area (Å²) in [6.45, 7) is 3.95. The van der Waals surface area contributed by atoms with Crippen LogP contribution in [0.2, 0.25) is 0 Å². The molecule has 2 atom stereocenters. The second-order valence-corrected chi connectivity index (χ2v) is 7.06. The highest BCUT2D eigenvalue weighted by atomic mass is 32.2. The Morgan fingerprint density at radius 1 is 1.23 bits per heavy atom. The fourth-order valence-electron chi connectivity index (χ4n) is 2.37. The standard InChI is InChI=1S/C14H20FNO5S/c1-9-8-21-10(2)7-16(9)22(17,18)14-6-13(20-4)12(19-3)5-11(14)15/h5-6,9-10H,7-8H2,1-4H3/t9-,10+/m0/s1. The van der Waals surface area contributed by atoms with E-state index in [1.807, 2.05) is 0 Å². The van der Waals surface area contributed by atoms with E-state index in [0.717, 1.165) is 12.1 Å². The van der Waals surface area contributed by atoms with Crippen molar-refractivity contribution in [1.29, 1.82) is 0 Å². The summed E-state index contributed by atoms with van der Waals surface area (Å²) in [4.78, 5) is -0.425. The number of benzene rings is 1. The molecule has 0 aromatic heterocycles. The van der Waals surface area contributed by atoms with Crippen LogP contribution in [0.1, 0.15) is 13.8 Å². The van der Waals surface area contributed by atoms with E-state index in [-0.39, 0.29) is 36.8 Å². The van der Waals surface area contributed by atoms with E-state index in [1.165, 1.54) is 18.5 Å². The summed E-state index contributed by atoms with van der Waals surface area (Å²) in [5.74, 6) is -0.567. The van der Waals surface area contributed by atoms with Crippen LogP contribution in [0.5, 0.6) is 11.5 Å². The third kappa shape index (κ3) is 3.04. The molecule has 2 rings (SSSR count). The minimum absolute atomic E-state index is 0.141. The van der Waals surface area contributed by atoms with Crippen LogP contribution in [0.25, 0.3) is 0 Å². The van der Waals surface area contributed by atoms with E-state index in [9.17, 15) is 12.8 Å². The molecule has 0 bridgehead atoms. The molecule has 22 heavy (non-hydrogen) atoms. The van der Waals surface area contributed by atoms with Crippen LogP contribution in [0, 0.1) is 5.82 Å². The minimum Gasteiger partial charge on any atom is -0.493 e. The van der Waals surface area contributed by atoms with Gasteiger partial charge in [-0.2, -0.15) is 4.31 Å². The number of morpholine rings is 1. The average molecular weight is 333 g/mol. The van der Waals surface area contributed by atoms with Crippen molar-refractivity contribution in [3.8, 4) is 11.5 Å². The summed E-state index contributed by atoms with van der Waals surface area (Å²) in [5.41, 5.74) is 0. The van der Waals surface area contributed by atoms with Gasteiger partial charge in [0, 0.05) is 24.7 Å². The summed E-state index contributed by atoms with van der Waals surface area (Å²) in [6.07, 6.45) is -0.241. The molecule has 6 nitrogen and oxygen atoms in total. The molecule has 0 saturated carbocycles. The Kier molecular flexibility index (Phi) is 4.93. The van der Waals surface area contributed by atoms with Crippen LogP contribution in [-0.4, -0.2) is 52.2 Å². The van der Waals surface area contributed by atoms with Crippen molar-refractivity contribution in [2.45, 2.75) is 30.9 Å². The zero-order valence-corrected chi connectivity index (χ0v) is 13.8. The first-order valence-electron chi connectivity index (χ1n) is 6.86. The quantitative estimate of drug-likeness (QED) is 0.838. The number of ether oxygens (including phenoxy) is 3. The molecule has 1 heterocycles. The lowest BCUT2D eigenvalue weighted by Crippen LogP contribution is -2.50. The van der Waals surface area contributed by atoms with E-state index in [4.69, 9.17) is 14.2 Å². The summed E-state index contributed by atoms with van der Waals surface area (Å²) >= 11 is 0. The molecule has 1 aromatic rings. The molecule has 0 N–H and O–H groups in total. The molecular formula is C14H20FNO5S. The Balaban J connectivity index is 2.49. The Morgan fingerprint density at radius 2 is 1.82 bits per heavy atom. The normalized spacial score (nSPS) is 23.3. The van der Waals surface area contributed by atoms with Crippen LogP contribution < -0.4 is 9.47 Å². The molecule has 0 spiro atoms. The highest BCUT2D eigenvalue weighted by Gasteiger charge is 2.36. The highest BCUT2D eigenvalue weighted by molar-refractivity contribution is 7.89. The van der Waals surface area contributed by atoms with Gasteiger partial charge in [-0.3, -0.25) is 0 Å². The Morgan fingerprint density at radius 3 is 2.41 bits per heavy atom. The molecule has 1 aliphatic rings. The Hall–Kier alpha value is -1.38. The Labute approximate surface area is 129 Å². The van der Waals surface area contributed by atoms with Crippen LogP contribution >= 0.6 is 0 Å². The maximum Gasteiger partial charge on any atom is 0.246 e. The zero-order valence-electron chi connectivity index (χ0n) is 13.0. The predicted octanol–water partition coefficient (Wildman–Crippen LogP) is 1.64. The lowest BCUT2D eigenvalue weighted by atomic mass is 10.2. The van der Waals surface area contributed by atoms with Crippen LogP contribution in [-0.2, 0) is 14.8 Å². The summed E-state index contributed by atoms with van der Waals surface area (Å²) in [5, 5.41) is 0. The van der Waals surface area contributed by atoms with Gasteiger partial charge in [0.1, 0.15) is 10.7 Å². The molecule has 1 fully saturated rings. The lowest BCUT2D eigenvalue weighted by Gasteiger charge is -2.35. The first-order chi connectivity index (χ1) is 10.3. The molecule has 0 radical (unpaired) electrons. The molecule has 1 aliphatic heterocycles. The Bertz CT molecular complexity index is 649. The van der Waals surface area contributed by atoms with Crippen LogP contribution in [0.15, 0.2) is 17.0 Å². The summed E-state index contributed by atoms with van der Waals surface area (Å²) in [7, 11) is -1.26. The molecule has 1 saturated heterocycles. The fraction of sp³-hybridized carbons (Fsp3) is 0.571. The van der Waals surface area contributed by atoms with E-state index in [1.54, 1.807) is 13.8 Å². The van der Waals surface area contributed by atoms with Crippen molar-refractivity contribution < 1.29 is 27.0 Å². The molecule has 124 valence electrons.